The molecule has 1 fully saturated rings. The molecule has 1 rings (SSSR count). The minimum Gasteiger partial charge on any atom is -0.480 e. The fourth-order valence-electron chi connectivity index (χ4n) is 2.02. The summed E-state index contributed by atoms with van der Waals surface area (Å²) in [5.41, 5.74) is 0. The van der Waals surface area contributed by atoms with E-state index in [1.807, 2.05) is 4.90 Å². The Morgan fingerprint density at radius 1 is 0.895 bits per heavy atom. The average Bonchev–Trinajstić information content (AvgIpc) is 2.33. The normalized spacial score (nSPS) is 21.1. The van der Waals surface area contributed by atoms with E-state index in [1.165, 1.54) is 0 Å². The van der Waals surface area contributed by atoms with Gasteiger partial charge in [0.1, 0.15) is 0 Å². The van der Waals surface area contributed by atoms with Gasteiger partial charge in [-0.05, 0) is 39.0 Å². The van der Waals surface area contributed by atoms with Crippen LogP contribution in [0.5, 0.6) is 0 Å². The van der Waals surface area contributed by atoms with Gasteiger partial charge >= 0.3 is 22.5 Å². The van der Waals surface area contributed by atoms with Gasteiger partial charge in [0, 0.05) is 26.2 Å². The molecule has 19 heavy (non-hydrogen) atoms. The van der Waals surface area contributed by atoms with Crippen LogP contribution in [0.15, 0.2) is 0 Å². The Bertz CT molecular complexity index is 218. The number of carbonyl (C=O) groups is 1. The van der Waals surface area contributed by atoms with E-state index >= 15 is 0 Å². The number of nitrogens with zero attached hydrogens (tertiary/aromatic N) is 1. The molecule has 0 radical (unpaired) electrons. The number of carboxylic acid groups (broad SMARTS) is 1. The monoisotopic (exact) mass is 316 g/mol. The molecule has 0 bridgehead atoms. The first-order valence-electron chi connectivity index (χ1n) is 6.85. The second kappa shape index (κ2) is 12.8. The first kappa shape index (κ1) is 18.8. The maximum Gasteiger partial charge on any atom is 2.00 e. The molecule has 6 nitrogen and oxygen atoms in total. The van der Waals surface area contributed by atoms with Gasteiger partial charge in [-0.25, -0.2) is 0 Å². The second-order valence-electron chi connectivity index (χ2n) is 4.63. The summed E-state index contributed by atoms with van der Waals surface area (Å²) in [6, 6.07) is 0. The Morgan fingerprint density at radius 3 is 2.11 bits per heavy atom. The molecule has 1 aliphatic heterocycles. The van der Waals surface area contributed by atoms with Crippen molar-refractivity contribution in [2.45, 2.75) is 12.8 Å². The first-order chi connectivity index (χ1) is 8.79. The van der Waals surface area contributed by atoms with Crippen LogP contribution in [0.2, 0.25) is 0 Å². The molecule has 0 spiro atoms. The molecule has 0 aliphatic carbocycles. The molecule has 0 aromatic carbocycles. The summed E-state index contributed by atoms with van der Waals surface area (Å²) in [7, 11) is 0. The molecule has 0 atom stereocenters. The number of hydrogen-bond acceptors (Lipinski definition) is 5. The van der Waals surface area contributed by atoms with Crippen molar-refractivity contribution in [1.29, 1.82) is 0 Å². The molecular weight excluding hydrogens is 291 g/mol. The van der Waals surface area contributed by atoms with Gasteiger partial charge in [-0.2, -0.15) is 0 Å². The van der Waals surface area contributed by atoms with E-state index in [0.29, 0.717) is 0 Å². The third kappa shape index (κ3) is 11.3. The number of hydrogen-bond donors (Lipinski definition) is 4. The van der Waals surface area contributed by atoms with Crippen LogP contribution in [-0.4, -0.2) is 74.9 Å². The van der Waals surface area contributed by atoms with Crippen LogP contribution in [0, 0.1) is 0 Å². The van der Waals surface area contributed by atoms with E-state index in [0.717, 1.165) is 65.2 Å². The zero-order valence-electron chi connectivity index (χ0n) is 11.4. The zero-order chi connectivity index (χ0) is 13.1. The Balaban J connectivity index is 0.00000324. The largest absolute Gasteiger partial charge is 2.00 e. The van der Waals surface area contributed by atoms with Crippen LogP contribution in [0.3, 0.4) is 0 Å². The van der Waals surface area contributed by atoms with Gasteiger partial charge in [-0.1, -0.05) is 0 Å². The summed E-state index contributed by atoms with van der Waals surface area (Å²) in [6.45, 7) is 7.60. The van der Waals surface area contributed by atoms with Crippen molar-refractivity contribution in [3.8, 4) is 0 Å². The molecule has 0 saturated carbocycles. The van der Waals surface area contributed by atoms with Gasteiger partial charge in [-0.3, -0.25) is 9.69 Å². The minimum absolute atomic E-state index is 0. The molecule has 0 amide bonds. The summed E-state index contributed by atoms with van der Waals surface area (Å²) < 4.78 is 0. The van der Waals surface area contributed by atoms with Crippen LogP contribution in [-0.2, 0) is 21.3 Å². The number of aliphatic carboxylic acids is 1. The summed E-state index contributed by atoms with van der Waals surface area (Å²) >= 11 is 0. The Kier molecular flexibility index (Phi) is 12.7. The van der Waals surface area contributed by atoms with Crippen LogP contribution in [0.4, 0.5) is 0 Å². The van der Waals surface area contributed by atoms with Gasteiger partial charge < -0.3 is 21.1 Å². The number of carboxylic acids is 1. The fourth-order valence-corrected chi connectivity index (χ4v) is 2.02. The molecule has 114 valence electrons. The van der Waals surface area contributed by atoms with Crippen molar-refractivity contribution in [1.82, 2.24) is 20.9 Å². The Hall–Kier alpha value is -0.196. The van der Waals surface area contributed by atoms with Crippen LogP contribution in [0.25, 0.3) is 0 Å². The van der Waals surface area contributed by atoms with Crippen molar-refractivity contribution in [3.05, 3.63) is 0 Å². The fraction of sp³-hybridized carbons (Fsp3) is 0.917. The molecule has 1 aliphatic rings. The summed E-state index contributed by atoms with van der Waals surface area (Å²) in [5.74, 6) is -0.742. The van der Waals surface area contributed by atoms with E-state index in [1.54, 1.807) is 0 Å². The van der Waals surface area contributed by atoms with Gasteiger partial charge in [0.2, 0.25) is 0 Å². The Labute approximate surface area is 125 Å². The maximum absolute atomic E-state index is 10.8. The number of nitrogens with one attached hydrogen (secondary N) is 3. The zero-order valence-corrected chi connectivity index (χ0v) is 12.4. The molecule has 4 N–H and O–H groups in total. The van der Waals surface area contributed by atoms with E-state index in [4.69, 9.17) is 5.11 Å². The molecule has 1 heterocycles. The molecule has 0 unspecified atom stereocenters. The second-order valence-corrected chi connectivity index (χ2v) is 4.63. The smallest absolute Gasteiger partial charge is 0.480 e. The quantitative estimate of drug-likeness (QED) is 0.486. The van der Waals surface area contributed by atoms with Crippen LogP contribution >= 0.6 is 0 Å². The van der Waals surface area contributed by atoms with Gasteiger partial charge in [0.25, 0.3) is 0 Å². The molecule has 0 aromatic heterocycles. The van der Waals surface area contributed by atoms with E-state index in [2.05, 4.69) is 16.0 Å². The van der Waals surface area contributed by atoms with Crippen molar-refractivity contribution in [2.75, 3.05) is 58.9 Å². The van der Waals surface area contributed by atoms with Gasteiger partial charge in [0.05, 0.1) is 6.54 Å². The third-order valence-corrected chi connectivity index (χ3v) is 2.98. The summed E-state index contributed by atoms with van der Waals surface area (Å²) in [4.78, 5) is 12.8. The maximum atomic E-state index is 10.8. The summed E-state index contributed by atoms with van der Waals surface area (Å²) in [6.07, 6.45) is 2.10. The molecular formula is C12H26N4NiO2+2. The molecule has 7 heteroatoms. The van der Waals surface area contributed by atoms with Crippen molar-refractivity contribution >= 4 is 5.97 Å². The average molecular weight is 317 g/mol. The summed E-state index contributed by atoms with van der Waals surface area (Å²) in [5, 5.41) is 18.9. The van der Waals surface area contributed by atoms with Crippen LogP contribution < -0.4 is 16.0 Å². The number of rotatable bonds is 2. The first-order valence-corrected chi connectivity index (χ1v) is 6.85. The predicted octanol–water partition coefficient (Wildman–Crippen LogP) is -1.07. The molecule has 0 aromatic rings. The van der Waals surface area contributed by atoms with Crippen molar-refractivity contribution in [2.24, 2.45) is 0 Å². The van der Waals surface area contributed by atoms with E-state index in [-0.39, 0.29) is 23.0 Å². The van der Waals surface area contributed by atoms with Gasteiger partial charge in [0.15, 0.2) is 0 Å². The SMILES string of the molecule is O=C(O)CN1CCCNCCNCCCNCC1.[Ni+2]. The topological polar surface area (TPSA) is 76.6 Å². The minimum atomic E-state index is -0.742. The predicted molar refractivity (Wildman–Crippen MR) is 71.9 cm³/mol. The van der Waals surface area contributed by atoms with Crippen molar-refractivity contribution in [3.63, 3.8) is 0 Å². The molecule has 1 saturated heterocycles. The third-order valence-electron chi connectivity index (χ3n) is 2.98. The standard InChI is InChI=1S/C12H26N4O2.Ni/c17-12(18)11-16-9-2-5-14-7-6-13-3-1-4-15-8-10-16;/h13-15H,1-11H2,(H,17,18);/q;+2. The Morgan fingerprint density at radius 2 is 1.47 bits per heavy atom. The van der Waals surface area contributed by atoms with Crippen LogP contribution in [0.1, 0.15) is 12.8 Å². The van der Waals surface area contributed by atoms with E-state index in [9.17, 15) is 4.79 Å². The van der Waals surface area contributed by atoms with Gasteiger partial charge in [-0.15, -0.1) is 0 Å². The van der Waals surface area contributed by atoms with E-state index < -0.39 is 5.97 Å². The van der Waals surface area contributed by atoms with Crippen molar-refractivity contribution < 1.29 is 26.4 Å².